The molecule has 1 radical (unpaired) electrons. The van der Waals surface area contributed by atoms with Gasteiger partial charge in [0.1, 0.15) is 5.58 Å². The van der Waals surface area contributed by atoms with Crippen molar-refractivity contribution in [1.29, 1.82) is 0 Å². The minimum Gasteiger partial charge on any atom is -0.501 e. The maximum absolute atomic E-state index is 6.47. The minimum atomic E-state index is -1.46. The van der Waals surface area contributed by atoms with E-state index in [0.29, 0.717) is 11.8 Å². The zero-order chi connectivity index (χ0) is 43.0. The van der Waals surface area contributed by atoms with Crippen molar-refractivity contribution in [1.82, 2.24) is 14.5 Å². The molecular weight excluding hydrogens is 963 g/mol. The van der Waals surface area contributed by atoms with Crippen LogP contribution in [0.15, 0.2) is 174 Å². The average Bonchev–Trinajstić information content (AvgIpc) is 3.88. The molecule has 6 heteroatoms. The first-order valence-corrected chi connectivity index (χ1v) is 25.1. The van der Waals surface area contributed by atoms with Gasteiger partial charge in [-0.2, -0.15) is 0 Å². The van der Waals surface area contributed by atoms with Crippen LogP contribution in [0.4, 0.5) is 0 Å². The van der Waals surface area contributed by atoms with Gasteiger partial charge in [0.15, 0.2) is 0 Å². The zero-order valence-corrected chi connectivity index (χ0v) is 40.3. The van der Waals surface area contributed by atoms with Crippen molar-refractivity contribution in [2.45, 2.75) is 59.2 Å². The van der Waals surface area contributed by atoms with Crippen molar-refractivity contribution in [3.05, 3.63) is 193 Å². The Bertz CT molecular complexity index is 3130. The number of furan rings is 1. The first-order chi connectivity index (χ1) is 30.1. The smallest absolute Gasteiger partial charge is 0.120 e. The SMILES string of the molecule is CC(C)c1cc(-c2ccccc2)cc(C(C)C)c1-n1c(-c2[c-]ccc3c2oc2ccccc23)nc2ccccc21.C[Si](C)(C)c1cnc(-c2[c-]cccc2)cc1-c1ccccc1.[Ir]. The van der Waals surface area contributed by atoms with Crippen LogP contribution in [0.1, 0.15) is 50.7 Å². The van der Waals surface area contributed by atoms with E-state index < -0.39 is 8.07 Å². The van der Waals surface area contributed by atoms with Gasteiger partial charge in [-0.25, -0.2) is 0 Å². The Hall–Kier alpha value is -6.17. The number of nitrogens with zero attached hydrogens (tertiary/aromatic N) is 3. The number of fused-ring (bicyclic) bond motifs is 4. The summed E-state index contributed by atoms with van der Waals surface area (Å²) >= 11 is 0. The molecule has 0 fully saturated rings. The van der Waals surface area contributed by atoms with Gasteiger partial charge in [0.2, 0.25) is 0 Å². The average molecular weight is 1010 g/mol. The van der Waals surface area contributed by atoms with E-state index in [9.17, 15) is 0 Å². The van der Waals surface area contributed by atoms with E-state index in [0.717, 1.165) is 55.6 Å². The summed E-state index contributed by atoms with van der Waals surface area (Å²) in [5, 5.41) is 3.59. The fraction of sp³-hybridized carbons (Fsp3) is 0.158. The molecule has 0 unspecified atom stereocenters. The normalized spacial score (nSPS) is 11.6. The van der Waals surface area contributed by atoms with Crippen LogP contribution >= 0.6 is 0 Å². The molecule has 0 aliphatic rings. The largest absolute Gasteiger partial charge is 0.501 e. The maximum atomic E-state index is 6.47. The van der Waals surface area contributed by atoms with Crippen LogP contribution in [0.25, 0.3) is 83.6 Å². The fourth-order valence-electron chi connectivity index (χ4n) is 8.50. The first kappa shape index (κ1) is 43.5. The topological polar surface area (TPSA) is 43.9 Å². The molecule has 4 nitrogen and oxygen atoms in total. The maximum Gasteiger partial charge on any atom is 0.120 e. The van der Waals surface area contributed by atoms with Crippen molar-refractivity contribution in [2.24, 2.45) is 0 Å². The van der Waals surface area contributed by atoms with Crippen LogP contribution < -0.4 is 5.19 Å². The third kappa shape index (κ3) is 8.64. The summed E-state index contributed by atoms with van der Waals surface area (Å²) in [6, 6.07) is 63.7. The van der Waals surface area contributed by atoms with Gasteiger partial charge in [0.25, 0.3) is 0 Å². The predicted octanol–water partition coefficient (Wildman–Crippen LogP) is 15.1. The molecule has 0 atom stereocenters. The van der Waals surface area contributed by atoms with Gasteiger partial charge in [0.05, 0.1) is 30.5 Å². The molecule has 0 bridgehead atoms. The monoisotopic (exact) mass is 1010 g/mol. The van der Waals surface area contributed by atoms with Crippen LogP contribution in [0.5, 0.6) is 0 Å². The van der Waals surface area contributed by atoms with Crippen molar-refractivity contribution in [3.63, 3.8) is 0 Å². The number of imidazole rings is 1. The molecule has 0 spiro atoms. The number of hydrogen-bond donors (Lipinski definition) is 0. The summed E-state index contributed by atoms with van der Waals surface area (Å²) in [6.45, 7) is 16.2. The summed E-state index contributed by atoms with van der Waals surface area (Å²) in [5.74, 6) is 1.45. The van der Waals surface area contributed by atoms with E-state index in [1.165, 1.54) is 44.3 Å². The Kier molecular flexibility index (Phi) is 12.6. The van der Waals surface area contributed by atoms with Crippen molar-refractivity contribution < 1.29 is 24.5 Å². The molecule has 10 rings (SSSR count). The van der Waals surface area contributed by atoms with E-state index in [2.05, 4.69) is 198 Å². The second-order valence-electron chi connectivity index (χ2n) is 17.6. The Morgan fingerprint density at radius 3 is 1.90 bits per heavy atom. The molecule has 0 amide bonds. The summed E-state index contributed by atoms with van der Waals surface area (Å²) in [6.07, 6.45) is 2.07. The van der Waals surface area contributed by atoms with E-state index in [-0.39, 0.29) is 20.1 Å². The second kappa shape index (κ2) is 18.3. The van der Waals surface area contributed by atoms with E-state index in [1.807, 2.05) is 36.4 Å². The molecule has 0 saturated carbocycles. The summed E-state index contributed by atoms with van der Waals surface area (Å²) < 4.78 is 8.83. The van der Waals surface area contributed by atoms with Crippen molar-refractivity contribution >= 4 is 46.2 Å². The molecule has 315 valence electrons. The van der Waals surface area contributed by atoms with Crippen LogP contribution in [0.2, 0.25) is 19.6 Å². The summed E-state index contributed by atoms with van der Waals surface area (Å²) in [5.41, 5.74) is 15.5. The van der Waals surface area contributed by atoms with Crippen molar-refractivity contribution in [3.8, 4) is 50.6 Å². The molecule has 0 saturated heterocycles. The molecule has 3 heterocycles. The molecule has 0 aliphatic heterocycles. The number of rotatable bonds is 8. The zero-order valence-electron chi connectivity index (χ0n) is 36.9. The molecule has 63 heavy (non-hydrogen) atoms. The Morgan fingerprint density at radius 1 is 0.603 bits per heavy atom. The Labute approximate surface area is 386 Å². The molecule has 0 N–H and O–H groups in total. The van der Waals surface area contributed by atoms with Gasteiger partial charge in [-0.1, -0.05) is 155 Å². The molecule has 7 aromatic carbocycles. The van der Waals surface area contributed by atoms with Crippen LogP contribution in [-0.4, -0.2) is 22.6 Å². The molecular formula is C57H51IrN3OSi-2. The summed E-state index contributed by atoms with van der Waals surface area (Å²) in [7, 11) is -1.46. The quantitative estimate of drug-likeness (QED) is 0.113. The third-order valence-corrected chi connectivity index (χ3v) is 13.7. The fourth-order valence-corrected chi connectivity index (χ4v) is 9.98. The van der Waals surface area contributed by atoms with Gasteiger partial charge in [-0.15, -0.1) is 54.1 Å². The number of benzene rings is 7. The Balaban J connectivity index is 0.000000201. The van der Waals surface area contributed by atoms with Crippen LogP contribution in [0, 0.1) is 12.1 Å². The first-order valence-electron chi connectivity index (χ1n) is 21.6. The molecule has 0 aliphatic carbocycles. The summed E-state index contributed by atoms with van der Waals surface area (Å²) in [4.78, 5) is 9.94. The van der Waals surface area contributed by atoms with Gasteiger partial charge in [-0.3, -0.25) is 4.98 Å². The number of para-hydroxylation sites is 3. The Morgan fingerprint density at radius 2 is 1.24 bits per heavy atom. The van der Waals surface area contributed by atoms with Gasteiger partial charge < -0.3 is 14.0 Å². The van der Waals surface area contributed by atoms with Crippen molar-refractivity contribution in [2.75, 3.05) is 0 Å². The van der Waals surface area contributed by atoms with Crippen LogP contribution in [0.3, 0.4) is 0 Å². The van der Waals surface area contributed by atoms with E-state index in [4.69, 9.17) is 14.4 Å². The number of hydrogen-bond acceptors (Lipinski definition) is 3. The van der Waals surface area contributed by atoms with Crippen LogP contribution in [-0.2, 0) is 20.1 Å². The second-order valence-corrected chi connectivity index (χ2v) is 22.7. The standard InChI is InChI=1S/C37H31N2O.C20H20NSi.Ir/c1-23(2)30-21-26(25-13-6-5-7-14-25)22-31(24(3)4)35(30)39-33-19-10-9-18-32(33)38-37(39)29-17-12-16-28-27-15-8-11-20-34(27)40-36(28)29;1-22(2,3)20-15-21-19(17-12-8-5-9-13-17)14-18(20)16-10-6-4-7-11-16;/h5-16,18-24H,1-4H3;4-12,14-15H,1-3H3;/q2*-1;. The van der Waals surface area contributed by atoms with Gasteiger partial charge >= 0.3 is 0 Å². The predicted molar refractivity (Wildman–Crippen MR) is 263 cm³/mol. The molecule has 3 aromatic heterocycles. The van der Waals surface area contributed by atoms with E-state index in [1.54, 1.807) is 0 Å². The number of pyridine rings is 1. The third-order valence-electron chi connectivity index (χ3n) is 11.6. The minimum absolute atomic E-state index is 0. The van der Waals surface area contributed by atoms with Gasteiger partial charge in [-0.05, 0) is 86.4 Å². The van der Waals surface area contributed by atoms with E-state index >= 15 is 0 Å². The van der Waals surface area contributed by atoms with Gasteiger partial charge in [0, 0.05) is 37.4 Å². The molecule has 10 aromatic rings. The number of aromatic nitrogens is 3.